The second-order valence-corrected chi connectivity index (χ2v) is 4.42. The van der Waals surface area contributed by atoms with Crippen molar-refractivity contribution in [3.8, 4) is 0 Å². The molecule has 16 heavy (non-hydrogen) atoms. The molecule has 0 saturated carbocycles. The lowest BCUT2D eigenvalue weighted by Crippen LogP contribution is -2.01. The van der Waals surface area contributed by atoms with Crippen molar-refractivity contribution < 1.29 is 0 Å². The van der Waals surface area contributed by atoms with Gasteiger partial charge in [-0.1, -0.05) is 6.07 Å². The SMILES string of the molecule is Cc1nn(C)cc1CNc1cccc(Br)n1. The first-order chi connectivity index (χ1) is 7.65. The molecule has 0 saturated heterocycles. The van der Waals surface area contributed by atoms with E-state index >= 15 is 0 Å². The molecule has 0 radical (unpaired) electrons. The van der Waals surface area contributed by atoms with Gasteiger partial charge in [0.25, 0.3) is 0 Å². The van der Waals surface area contributed by atoms with E-state index in [1.54, 1.807) is 0 Å². The van der Waals surface area contributed by atoms with Crippen molar-refractivity contribution in [1.82, 2.24) is 14.8 Å². The lowest BCUT2D eigenvalue weighted by molar-refractivity contribution is 0.756. The first-order valence-corrected chi connectivity index (χ1v) is 5.80. The summed E-state index contributed by atoms with van der Waals surface area (Å²) >= 11 is 3.34. The second-order valence-electron chi connectivity index (χ2n) is 3.61. The third-order valence-corrected chi connectivity index (χ3v) is 2.73. The summed E-state index contributed by atoms with van der Waals surface area (Å²) in [7, 11) is 1.92. The van der Waals surface area contributed by atoms with Crippen molar-refractivity contribution in [2.45, 2.75) is 13.5 Å². The van der Waals surface area contributed by atoms with E-state index in [2.05, 4.69) is 31.3 Å². The molecule has 0 amide bonds. The van der Waals surface area contributed by atoms with Crippen molar-refractivity contribution >= 4 is 21.7 Å². The smallest absolute Gasteiger partial charge is 0.127 e. The maximum Gasteiger partial charge on any atom is 0.127 e. The van der Waals surface area contributed by atoms with Gasteiger partial charge in [-0.05, 0) is 35.0 Å². The molecular weight excluding hydrogens is 268 g/mol. The van der Waals surface area contributed by atoms with Crippen LogP contribution in [-0.2, 0) is 13.6 Å². The van der Waals surface area contributed by atoms with E-state index in [-0.39, 0.29) is 0 Å². The third-order valence-electron chi connectivity index (χ3n) is 2.29. The number of hydrogen-bond acceptors (Lipinski definition) is 3. The highest BCUT2D eigenvalue weighted by Crippen LogP contribution is 2.12. The van der Waals surface area contributed by atoms with Crippen LogP contribution in [0, 0.1) is 6.92 Å². The van der Waals surface area contributed by atoms with Crippen LogP contribution in [0.4, 0.5) is 5.82 Å². The van der Waals surface area contributed by atoms with Gasteiger partial charge in [0.2, 0.25) is 0 Å². The molecule has 0 bridgehead atoms. The van der Waals surface area contributed by atoms with E-state index in [4.69, 9.17) is 0 Å². The van der Waals surface area contributed by atoms with E-state index in [0.717, 1.165) is 22.7 Å². The topological polar surface area (TPSA) is 42.7 Å². The average molecular weight is 281 g/mol. The van der Waals surface area contributed by atoms with Gasteiger partial charge in [0.1, 0.15) is 10.4 Å². The van der Waals surface area contributed by atoms with Gasteiger partial charge >= 0.3 is 0 Å². The number of aromatic nitrogens is 3. The highest BCUT2D eigenvalue weighted by atomic mass is 79.9. The number of nitrogens with zero attached hydrogens (tertiary/aromatic N) is 3. The molecule has 84 valence electrons. The Labute approximate surface area is 103 Å². The Bertz CT molecular complexity index is 492. The summed E-state index contributed by atoms with van der Waals surface area (Å²) < 4.78 is 2.65. The van der Waals surface area contributed by atoms with Crippen LogP contribution in [0.3, 0.4) is 0 Å². The number of halogens is 1. The predicted octanol–water partition coefficient (Wildman–Crippen LogP) is 2.50. The molecule has 0 aliphatic carbocycles. The Balaban J connectivity index is 2.05. The van der Waals surface area contributed by atoms with E-state index in [0.29, 0.717) is 0 Å². The van der Waals surface area contributed by atoms with Gasteiger partial charge in [0.05, 0.1) is 5.69 Å². The average Bonchev–Trinajstić information content (AvgIpc) is 2.54. The zero-order valence-electron chi connectivity index (χ0n) is 9.24. The van der Waals surface area contributed by atoms with Gasteiger partial charge in [-0.2, -0.15) is 5.10 Å². The maximum atomic E-state index is 4.30. The molecule has 2 rings (SSSR count). The van der Waals surface area contributed by atoms with Crippen LogP contribution in [0.5, 0.6) is 0 Å². The van der Waals surface area contributed by atoms with E-state index in [1.165, 1.54) is 5.56 Å². The highest BCUT2D eigenvalue weighted by molar-refractivity contribution is 9.10. The molecule has 0 unspecified atom stereocenters. The van der Waals surface area contributed by atoms with Crippen molar-refractivity contribution in [2.24, 2.45) is 7.05 Å². The Morgan fingerprint density at radius 3 is 2.88 bits per heavy atom. The van der Waals surface area contributed by atoms with E-state index in [1.807, 2.05) is 43.0 Å². The lowest BCUT2D eigenvalue weighted by Gasteiger charge is -2.04. The molecule has 0 aliphatic rings. The number of hydrogen-bond donors (Lipinski definition) is 1. The Morgan fingerprint density at radius 2 is 2.25 bits per heavy atom. The number of nitrogens with one attached hydrogen (secondary N) is 1. The fourth-order valence-corrected chi connectivity index (χ4v) is 1.86. The van der Waals surface area contributed by atoms with Crippen LogP contribution in [0.25, 0.3) is 0 Å². The van der Waals surface area contributed by atoms with Crippen molar-refractivity contribution in [3.63, 3.8) is 0 Å². The number of aryl methyl sites for hydroxylation is 2. The number of pyridine rings is 1. The third kappa shape index (κ3) is 2.61. The van der Waals surface area contributed by atoms with Gasteiger partial charge in [0, 0.05) is 25.4 Å². The van der Waals surface area contributed by atoms with Crippen molar-refractivity contribution in [3.05, 3.63) is 40.3 Å². The summed E-state index contributed by atoms with van der Waals surface area (Å²) in [4.78, 5) is 4.30. The zero-order valence-corrected chi connectivity index (χ0v) is 10.8. The highest BCUT2D eigenvalue weighted by Gasteiger charge is 2.02. The fraction of sp³-hybridized carbons (Fsp3) is 0.273. The molecule has 0 aliphatic heterocycles. The standard InChI is InChI=1S/C11H13BrN4/c1-8-9(7-16(2)15-8)6-13-11-5-3-4-10(12)14-11/h3-5,7H,6H2,1-2H3,(H,13,14). The van der Waals surface area contributed by atoms with Crippen LogP contribution in [0.1, 0.15) is 11.3 Å². The fourth-order valence-electron chi connectivity index (χ4n) is 1.51. The summed E-state index contributed by atoms with van der Waals surface area (Å²) in [6, 6.07) is 5.80. The predicted molar refractivity (Wildman–Crippen MR) is 67.2 cm³/mol. The molecule has 4 nitrogen and oxygen atoms in total. The Hall–Kier alpha value is -1.36. The molecule has 0 fully saturated rings. The molecule has 2 aromatic heterocycles. The second kappa shape index (κ2) is 4.65. The maximum absolute atomic E-state index is 4.30. The normalized spacial score (nSPS) is 10.4. The summed E-state index contributed by atoms with van der Waals surface area (Å²) in [5.74, 6) is 0.859. The minimum Gasteiger partial charge on any atom is -0.366 e. The molecule has 2 aromatic rings. The van der Waals surface area contributed by atoms with Gasteiger partial charge in [-0.15, -0.1) is 0 Å². The Kier molecular flexibility index (Phi) is 3.24. The van der Waals surface area contributed by atoms with Crippen molar-refractivity contribution in [2.75, 3.05) is 5.32 Å². The van der Waals surface area contributed by atoms with Gasteiger partial charge in [-0.25, -0.2) is 4.98 Å². The molecule has 2 heterocycles. The zero-order chi connectivity index (χ0) is 11.5. The first-order valence-electron chi connectivity index (χ1n) is 5.01. The van der Waals surface area contributed by atoms with Crippen LogP contribution in [0.15, 0.2) is 29.0 Å². The van der Waals surface area contributed by atoms with Gasteiger partial charge in [0.15, 0.2) is 0 Å². The molecular formula is C11H13BrN4. The summed E-state index contributed by atoms with van der Waals surface area (Å²) in [6.45, 7) is 2.74. The molecule has 0 atom stereocenters. The monoisotopic (exact) mass is 280 g/mol. The van der Waals surface area contributed by atoms with Crippen LogP contribution in [-0.4, -0.2) is 14.8 Å². The van der Waals surface area contributed by atoms with Gasteiger partial charge in [-0.3, -0.25) is 4.68 Å². The summed E-state index contributed by atoms with van der Waals surface area (Å²) in [5.41, 5.74) is 2.23. The van der Waals surface area contributed by atoms with E-state index in [9.17, 15) is 0 Å². The molecule has 0 aromatic carbocycles. The Morgan fingerprint density at radius 1 is 1.44 bits per heavy atom. The van der Waals surface area contributed by atoms with Crippen LogP contribution in [0.2, 0.25) is 0 Å². The van der Waals surface area contributed by atoms with Crippen LogP contribution >= 0.6 is 15.9 Å². The number of anilines is 1. The minimum absolute atomic E-state index is 0.739. The summed E-state index contributed by atoms with van der Waals surface area (Å²) in [5, 5.41) is 7.55. The van der Waals surface area contributed by atoms with Crippen LogP contribution < -0.4 is 5.32 Å². The molecule has 1 N–H and O–H groups in total. The minimum atomic E-state index is 0.739. The van der Waals surface area contributed by atoms with E-state index < -0.39 is 0 Å². The summed E-state index contributed by atoms with van der Waals surface area (Å²) in [6.07, 6.45) is 2.01. The molecule has 5 heteroatoms. The van der Waals surface area contributed by atoms with Crippen molar-refractivity contribution in [1.29, 1.82) is 0 Å². The lowest BCUT2D eigenvalue weighted by atomic mass is 10.2. The quantitative estimate of drug-likeness (QED) is 0.879. The van der Waals surface area contributed by atoms with Gasteiger partial charge < -0.3 is 5.32 Å². The number of rotatable bonds is 3. The first kappa shape index (κ1) is 11.1. The largest absolute Gasteiger partial charge is 0.366 e. The molecule has 0 spiro atoms.